The van der Waals surface area contributed by atoms with Crippen molar-refractivity contribution in [3.8, 4) is 0 Å². The van der Waals surface area contributed by atoms with Crippen LogP contribution >= 0.6 is 0 Å². The largest absolute Gasteiger partial charge is 0.350 e. The molecule has 29 heavy (non-hydrogen) atoms. The van der Waals surface area contributed by atoms with Crippen molar-refractivity contribution in [3.05, 3.63) is 65.1 Å². The fourth-order valence-corrected chi connectivity index (χ4v) is 3.65. The first kappa shape index (κ1) is 17.5. The average Bonchev–Trinajstić information content (AvgIpc) is 3.21. The number of aryl methyl sites for hydroxylation is 1. The Bertz CT molecular complexity index is 1220. The number of rotatable bonds is 3. The number of nitrogens with one attached hydrogen (secondary N) is 1. The minimum atomic E-state index is -0.399. The van der Waals surface area contributed by atoms with E-state index in [0.29, 0.717) is 12.2 Å². The van der Waals surface area contributed by atoms with Gasteiger partial charge in [-0.1, -0.05) is 0 Å². The molecule has 1 aliphatic heterocycles. The van der Waals surface area contributed by atoms with E-state index in [9.17, 15) is 4.39 Å². The molecular weight excluding hydrogens is 371 g/mol. The summed E-state index contributed by atoms with van der Waals surface area (Å²) in [5.74, 6) is 0.701. The number of hydrogen-bond donors (Lipinski definition) is 1. The molecular formula is C20H19FN8. The molecule has 0 amide bonds. The molecule has 0 radical (unpaired) electrons. The summed E-state index contributed by atoms with van der Waals surface area (Å²) in [5.41, 5.74) is 5.77. The standard InChI is InChI=1S/C20H19FN8/c1-12-13(2)20(27-29-11-24-26-19(12)29)28-7-5-17-14(10-28)8-15(9-23-17)25-18-16(21)4-3-6-22-18/h3-4,6,8-9,11H,5,7,10H2,1-2H3,(H,22,25). The van der Waals surface area contributed by atoms with E-state index in [1.54, 1.807) is 29.3 Å². The summed E-state index contributed by atoms with van der Waals surface area (Å²) in [4.78, 5) is 10.8. The second kappa shape index (κ2) is 6.77. The van der Waals surface area contributed by atoms with Gasteiger partial charge in [-0.3, -0.25) is 4.98 Å². The summed E-state index contributed by atoms with van der Waals surface area (Å²) >= 11 is 0. The fourth-order valence-electron chi connectivity index (χ4n) is 3.65. The molecule has 8 nitrogen and oxygen atoms in total. The summed E-state index contributed by atoms with van der Waals surface area (Å²) in [5, 5.41) is 15.8. The van der Waals surface area contributed by atoms with Gasteiger partial charge in [0.15, 0.2) is 23.1 Å². The Morgan fingerprint density at radius 3 is 2.93 bits per heavy atom. The minimum Gasteiger partial charge on any atom is -0.350 e. The highest BCUT2D eigenvalue weighted by molar-refractivity contribution is 5.61. The van der Waals surface area contributed by atoms with Crippen molar-refractivity contribution >= 4 is 23.0 Å². The maximum absolute atomic E-state index is 13.9. The molecule has 5 rings (SSSR count). The van der Waals surface area contributed by atoms with Crippen LogP contribution in [0.25, 0.3) is 5.65 Å². The predicted molar refractivity (Wildman–Crippen MR) is 107 cm³/mol. The molecule has 5 heterocycles. The van der Waals surface area contributed by atoms with Gasteiger partial charge in [-0.25, -0.2) is 9.37 Å². The first-order valence-electron chi connectivity index (χ1n) is 9.37. The van der Waals surface area contributed by atoms with Gasteiger partial charge in [0.1, 0.15) is 6.33 Å². The van der Waals surface area contributed by atoms with Gasteiger partial charge in [0.05, 0.1) is 11.9 Å². The van der Waals surface area contributed by atoms with E-state index in [0.717, 1.165) is 46.8 Å². The van der Waals surface area contributed by atoms with Crippen molar-refractivity contribution in [2.24, 2.45) is 0 Å². The SMILES string of the molecule is Cc1c(N2CCc3ncc(Nc4ncccc4F)cc3C2)nn2cnnc2c1C. The predicted octanol–water partition coefficient (Wildman–Crippen LogP) is 2.98. The van der Waals surface area contributed by atoms with Crippen LogP contribution in [0, 0.1) is 19.7 Å². The Hall–Kier alpha value is -3.62. The molecule has 0 bridgehead atoms. The van der Waals surface area contributed by atoms with Crippen LogP contribution in [0.5, 0.6) is 0 Å². The number of anilines is 3. The second-order valence-electron chi connectivity index (χ2n) is 7.13. The van der Waals surface area contributed by atoms with E-state index in [-0.39, 0.29) is 5.82 Å². The van der Waals surface area contributed by atoms with Crippen molar-refractivity contribution < 1.29 is 4.39 Å². The van der Waals surface area contributed by atoms with E-state index in [1.165, 1.54) is 6.07 Å². The first-order valence-corrected chi connectivity index (χ1v) is 9.37. The van der Waals surface area contributed by atoms with E-state index in [1.807, 2.05) is 13.0 Å². The molecule has 0 aromatic carbocycles. The van der Waals surface area contributed by atoms with E-state index < -0.39 is 5.82 Å². The third-order valence-electron chi connectivity index (χ3n) is 5.33. The van der Waals surface area contributed by atoms with Crippen LogP contribution in [0.2, 0.25) is 0 Å². The normalized spacial score (nSPS) is 13.6. The zero-order valence-corrected chi connectivity index (χ0v) is 16.1. The smallest absolute Gasteiger partial charge is 0.180 e. The third-order valence-corrected chi connectivity index (χ3v) is 5.33. The quantitative estimate of drug-likeness (QED) is 0.576. The summed E-state index contributed by atoms with van der Waals surface area (Å²) in [6.07, 6.45) is 5.71. The number of fused-ring (bicyclic) bond motifs is 2. The number of pyridine rings is 2. The molecule has 0 fully saturated rings. The zero-order valence-electron chi connectivity index (χ0n) is 16.1. The Labute approximate surface area is 166 Å². The van der Waals surface area contributed by atoms with Gasteiger partial charge in [-0.15, -0.1) is 15.3 Å². The number of nitrogens with zero attached hydrogens (tertiary/aromatic N) is 7. The van der Waals surface area contributed by atoms with Crippen molar-refractivity contribution in [2.45, 2.75) is 26.8 Å². The first-order chi connectivity index (χ1) is 14.1. The van der Waals surface area contributed by atoms with E-state index in [2.05, 4.69) is 37.3 Å². The third kappa shape index (κ3) is 3.04. The highest BCUT2D eigenvalue weighted by Gasteiger charge is 2.22. The molecule has 0 atom stereocenters. The van der Waals surface area contributed by atoms with Gasteiger partial charge in [0.25, 0.3) is 0 Å². The summed E-state index contributed by atoms with van der Waals surface area (Å²) in [6, 6.07) is 4.94. The Balaban J connectivity index is 1.46. The van der Waals surface area contributed by atoms with E-state index >= 15 is 0 Å². The maximum atomic E-state index is 13.9. The Kier molecular flexibility index (Phi) is 4.08. The summed E-state index contributed by atoms with van der Waals surface area (Å²) in [7, 11) is 0. The Morgan fingerprint density at radius 1 is 1.17 bits per heavy atom. The highest BCUT2D eigenvalue weighted by Crippen LogP contribution is 2.29. The van der Waals surface area contributed by atoms with Crippen LogP contribution in [0.4, 0.5) is 21.7 Å². The number of hydrogen-bond acceptors (Lipinski definition) is 7. The minimum absolute atomic E-state index is 0.188. The van der Waals surface area contributed by atoms with Gasteiger partial charge < -0.3 is 10.2 Å². The van der Waals surface area contributed by atoms with Crippen LogP contribution in [0.15, 0.2) is 36.9 Å². The van der Waals surface area contributed by atoms with Crippen LogP contribution in [0.1, 0.15) is 22.4 Å². The lowest BCUT2D eigenvalue weighted by Crippen LogP contribution is -2.32. The summed E-state index contributed by atoms with van der Waals surface area (Å²) < 4.78 is 15.6. The number of aromatic nitrogens is 6. The molecule has 9 heteroatoms. The van der Waals surface area contributed by atoms with E-state index in [4.69, 9.17) is 5.10 Å². The fraction of sp³-hybridized carbons (Fsp3) is 0.250. The monoisotopic (exact) mass is 390 g/mol. The van der Waals surface area contributed by atoms with Crippen molar-refractivity contribution in [3.63, 3.8) is 0 Å². The van der Waals surface area contributed by atoms with Crippen molar-refractivity contribution in [1.82, 2.24) is 29.8 Å². The Morgan fingerprint density at radius 2 is 2.07 bits per heavy atom. The highest BCUT2D eigenvalue weighted by atomic mass is 19.1. The molecule has 1 N–H and O–H groups in total. The van der Waals surface area contributed by atoms with Crippen LogP contribution in [-0.2, 0) is 13.0 Å². The van der Waals surface area contributed by atoms with Crippen LogP contribution < -0.4 is 10.2 Å². The van der Waals surface area contributed by atoms with Gasteiger partial charge in [-0.2, -0.15) is 4.52 Å². The average molecular weight is 390 g/mol. The molecule has 0 saturated carbocycles. The lowest BCUT2D eigenvalue weighted by Gasteiger charge is -2.30. The maximum Gasteiger partial charge on any atom is 0.180 e. The molecule has 0 spiro atoms. The van der Waals surface area contributed by atoms with Gasteiger partial charge >= 0.3 is 0 Å². The van der Waals surface area contributed by atoms with Gasteiger partial charge in [-0.05, 0) is 37.6 Å². The molecule has 1 aliphatic rings. The number of halogens is 1. The van der Waals surface area contributed by atoms with Crippen LogP contribution in [-0.4, -0.2) is 36.3 Å². The molecule has 146 valence electrons. The topological polar surface area (TPSA) is 84.1 Å². The second-order valence-corrected chi connectivity index (χ2v) is 7.13. The molecule has 4 aromatic rings. The molecule has 0 aliphatic carbocycles. The van der Waals surface area contributed by atoms with Crippen molar-refractivity contribution in [2.75, 3.05) is 16.8 Å². The lowest BCUT2D eigenvalue weighted by atomic mass is 10.0. The van der Waals surface area contributed by atoms with Gasteiger partial charge in [0.2, 0.25) is 0 Å². The summed E-state index contributed by atoms with van der Waals surface area (Å²) in [6.45, 7) is 5.58. The zero-order chi connectivity index (χ0) is 20.0. The van der Waals surface area contributed by atoms with Crippen LogP contribution in [0.3, 0.4) is 0 Å². The molecule has 0 unspecified atom stereocenters. The molecule has 0 saturated heterocycles. The molecule has 4 aromatic heterocycles. The lowest BCUT2D eigenvalue weighted by molar-refractivity contribution is 0.626. The van der Waals surface area contributed by atoms with Crippen molar-refractivity contribution in [1.29, 1.82) is 0 Å². The van der Waals surface area contributed by atoms with Gasteiger partial charge in [0, 0.05) is 42.5 Å².